The van der Waals surface area contributed by atoms with E-state index in [0.717, 1.165) is 25.2 Å². The fraction of sp³-hybridized carbons (Fsp3) is 0.650. The van der Waals surface area contributed by atoms with Crippen LogP contribution in [-0.4, -0.2) is 57.8 Å². The Morgan fingerprint density at radius 1 is 1.19 bits per heavy atom. The first-order valence-corrected chi connectivity index (χ1v) is 9.28. The van der Waals surface area contributed by atoms with E-state index in [1.165, 1.54) is 12.8 Å². The molecule has 1 aromatic carbocycles. The van der Waals surface area contributed by atoms with Crippen LogP contribution in [0, 0.1) is 5.92 Å². The molecule has 0 bridgehead atoms. The van der Waals surface area contributed by atoms with Crippen molar-refractivity contribution in [2.75, 3.05) is 41.0 Å². The summed E-state index contributed by atoms with van der Waals surface area (Å²) in [5.41, 5.74) is 0.837. The second kappa shape index (κ2) is 9.67. The molecular formula is C20H32N2O4. The zero-order chi connectivity index (χ0) is 19.1. The highest BCUT2D eigenvalue weighted by Crippen LogP contribution is 2.38. The summed E-state index contributed by atoms with van der Waals surface area (Å²) in [7, 11) is 4.72. The molecule has 2 rings (SSSR count). The van der Waals surface area contributed by atoms with Gasteiger partial charge in [-0.15, -0.1) is 0 Å². The summed E-state index contributed by atoms with van der Waals surface area (Å²) in [6.45, 7) is 7.40. The Morgan fingerprint density at radius 2 is 1.85 bits per heavy atom. The van der Waals surface area contributed by atoms with Crippen LogP contribution in [0.25, 0.3) is 0 Å². The van der Waals surface area contributed by atoms with Crippen LogP contribution in [0.5, 0.6) is 17.2 Å². The average Bonchev–Trinajstić information content (AvgIpc) is 2.65. The molecular weight excluding hydrogens is 332 g/mol. The van der Waals surface area contributed by atoms with E-state index in [9.17, 15) is 4.79 Å². The number of carbonyl (C=O) groups excluding carboxylic acids is 1. The molecule has 1 amide bonds. The number of hydrogen-bond acceptors (Lipinski definition) is 5. The Morgan fingerprint density at radius 3 is 2.38 bits per heavy atom. The van der Waals surface area contributed by atoms with E-state index in [-0.39, 0.29) is 12.3 Å². The van der Waals surface area contributed by atoms with Gasteiger partial charge in [0.2, 0.25) is 11.7 Å². The highest BCUT2D eigenvalue weighted by atomic mass is 16.5. The molecule has 1 fully saturated rings. The summed E-state index contributed by atoms with van der Waals surface area (Å²) in [5.74, 6) is 2.20. The number of benzene rings is 1. The number of methoxy groups -OCH3 is 3. The van der Waals surface area contributed by atoms with Gasteiger partial charge in [0, 0.05) is 19.1 Å². The summed E-state index contributed by atoms with van der Waals surface area (Å²) in [4.78, 5) is 14.9. The van der Waals surface area contributed by atoms with Crippen molar-refractivity contribution in [2.45, 2.75) is 39.2 Å². The Kier molecular flexibility index (Phi) is 7.57. The van der Waals surface area contributed by atoms with Crippen molar-refractivity contribution in [3.8, 4) is 17.2 Å². The van der Waals surface area contributed by atoms with Gasteiger partial charge >= 0.3 is 0 Å². The van der Waals surface area contributed by atoms with Crippen LogP contribution in [0.15, 0.2) is 12.1 Å². The van der Waals surface area contributed by atoms with Crippen molar-refractivity contribution in [1.82, 2.24) is 10.2 Å². The van der Waals surface area contributed by atoms with Crippen molar-refractivity contribution in [1.29, 1.82) is 0 Å². The minimum absolute atomic E-state index is 0.0148. The molecule has 0 radical (unpaired) electrons. The second-order valence-corrected chi connectivity index (χ2v) is 7.11. The van der Waals surface area contributed by atoms with Gasteiger partial charge in [-0.1, -0.05) is 0 Å². The van der Waals surface area contributed by atoms with E-state index in [4.69, 9.17) is 14.2 Å². The first-order chi connectivity index (χ1) is 12.5. The van der Waals surface area contributed by atoms with Gasteiger partial charge < -0.3 is 24.4 Å². The normalized spacial score (nSPS) is 17.8. The summed E-state index contributed by atoms with van der Waals surface area (Å²) in [5, 5.41) is 3.09. The highest BCUT2D eigenvalue weighted by Gasteiger charge is 2.22. The number of nitrogens with zero attached hydrogens (tertiary/aromatic N) is 1. The summed E-state index contributed by atoms with van der Waals surface area (Å²) in [6.07, 6.45) is 2.66. The number of amides is 1. The number of hydrogen-bond donors (Lipinski definition) is 1. The predicted octanol–water partition coefficient (Wildman–Crippen LogP) is 2.49. The third-order valence-corrected chi connectivity index (χ3v) is 4.96. The van der Waals surface area contributed by atoms with Crippen LogP contribution in [0.1, 0.15) is 32.3 Å². The second-order valence-electron chi connectivity index (χ2n) is 7.11. The largest absolute Gasteiger partial charge is 0.493 e. The van der Waals surface area contributed by atoms with E-state index in [0.29, 0.717) is 29.2 Å². The summed E-state index contributed by atoms with van der Waals surface area (Å²) in [6, 6.07) is 4.21. The van der Waals surface area contributed by atoms with Crippen LogP contribution in [0.4, 0.5) is 0 Å². The maximum Gasteiger partial charge on any atom is 0.224 e. The van der Waals surface area contributed by atoms with Gasteiger partial charge in [0.15, 0.2) is 11.5 Å². The molecule has 6 heteroatoms. The third kappa shape index (κ3) is 5.27. The Balaban J connectivity index is 1.93. The molecule has 0 aromatic heterocycles. The van der Waals surface area contributed by atoms with Crippen molar-refractivity contribution < 1.29 is 19.0 Å². The first-order valence-electron chi connectivity index (χ1n) is 9.28. The van der Waals surface area contributed by atoms with E-state index in [2.05, 4.69) is 24.1 Å². The maximum atomic E-state index is 12.4. The topological polar surface area (TPSA) is 60.0 Å². The van der Waals surface area contributed by atoms with Crippen molar-refractivity contribution in [2.24, 2.45) is 5.92 Å². The molecule has 1 heterocycles. The predicted molar refractivity (Wildman–Crippen MR) is 102 cm³/mol. The first kappa shape index (κ1) is 20.4. The molecule has 1 N–H and O–H groups in total. The van der Waals surface area contributed by atoms with Gasteiger partial charge in [0.1, 0.15) is 0 Å². The SMILES string of the molecule is COc1cc(CC(=O)NCC2CCCN(C(C)C)C2)cc(OC)c1OC. The quantitative estimate of drug-likeness (QED) is 0.768. The monoisotopic (exact) mass is 364 g/mol. The minimum atomic E-state index is 0.0148. The average molecular weight is 364 g/mol. The molecule has 146 valence electrons. The van der Waals surface area contributed by atoms with Gasteiger partial charge in [-0.3, -0.25) is 4.79 Å². The lowest BCUT2D eigenvalue weighted by Gasteiger charge is -2.35. The smallest absolute Gasteiger partial charge is 0.224 e. The fourth-order valence-corrected chi connectivity index (χ4v) is 3.48. The molecule has 6 nitrogen and oxygen atoms in total. The van der Waals surface area contributed by atoms with Crippen LogP contribution in [0.3, 0.4) is 0 Å². The molecule has 1 saturated heterocycles. The van der Waals surface area contributed by atoms with E-state index >= 15 is 0 Å². The number of nitrogens with one attached hydrogen (secondary N) is 1. The van der Waals surface area contributed by atoms with Crippen LogP contribution in [0.2, 0.25) is 0 Å². The lowest BCUT2D eigenvalue weighted by molar-refractivity contribution is -0.120. The Hall–Kier alpha value is -1.95. The fourth-order valence-electron chi connectivity index (χ4n) is 3.48. The molecule has 1 atom stereocenters. The molecule has 1 unspecified atom stereocenters. The molecule has 26 heavy (non-hydrogen) atoms. The number of rotatable bonds is 8. The van der Waals surface area contributed by atoms with Crippen LogP contribution >= 0.6 is 0 Å². The molecule has 0 aliphatic carbocycles. The molecule has 1 aromatic rings. The lowest BCUT2D eigenvalue weighted by Crippen LogP contribution is -2.43. The van der Waals surface area contributed by atoms with Crippen molar-refractivity contribution >= 4 is 5.91 Å². The maximum absolute atomic E-state index is 12.4. The van der Waals surface area contributed by atoms with Gasteiger partial charge in [-0.2, -0.15) is 0 Å². The van der Waals surface area contributed by atoms with Crippen molar-refractivity contribution in [3.63, 3.8) is 0 Å². The number of ether oxygens (including phenoxy) is 3. The number of carbonyl (C=O) groups is 1. The highest BCUT2D eigenvalue weighted by molar-refractivity contribution is 5.79. The standard InChI is InChI=1S/C20H32N2O4/c1-14(2)22-8-6-7-15(13-22)12-21-19(23)11-16-9-17(24-3)20(26-5)18(10-16)25-4/h9-10,14-15H,6-8,11-13H2,1-5H3,(H,21,23). The van der Waals surface area contributed by atoms with E-state index in [1.807, 2.05) is 12.1 Å². The minimum Gasteiger partial charge on any atom is -0.493 e. The van der Waals surface area contributed by atoms with Crippen molar-refractivity contribution in [3.05, 3.63) is 17.7 Å². The Labute approximate surface area is 156 Å². The summed E-state index contributed by atoms with van der Waals surface area (Å²) >= 11 is 0. The van der Waals surface area contributed by atoms with E-state index in [1.54, 1.807) is 21.3 Å². The van der Waals surface area contributed by atoms with Gasteiger partial charge in [-0.25, -0.2) is 0 Å². The molecule has 0 spiro atoms. The molecule has 1 aliphatic rings. The molecule has 0 saturated carbocycles. The van der Waals surface area contributed by atoms with Crippen LogP contribution < -0.4 is 19.5 Å². The third-order valence-electron chi connectivity index (χ3n) is 4.96. The zero-order valence-corrected chi connectivity index (χ0v) is 16.6. The lowest BCUT2D eigenvalue weighted by atomic mass is 9.97. The van der Waals surface area contributed by atoms with E-state index < -0.39 is 0 Å². The van der Waals surface area contributed by atoms with Gasteiger partial charge in [-0.05, 0) is 56.8 Å². The molecule has 1 aliphatic heterocycles. The van der Waals surface area contributed by atoms with Crippen LogP contribution in [-0.2, 0) is 11.2 Å². The van der Waals surface area contributed by atoms with Gasteiger partial charge in [0.05, 0.1) is 27.8 Å². The summed E-state index contributed by atoms with van der Waals surface area (Å²) < 4.78 is 16.0. The number of piperidine rings is 1. The van der Waals surface area contributed by atoms with Gasteiger partial charge in [0.25, 0.3) is 0 Å². The Bertz CT molecular complexity index is 578. The zero-order valence-electron chi connectivity index (χ0n) is 16.6. The number of likely N-dealkylation sites (tertiary alicyclic amines) is 1.